The topological polar surface area (TPSA) is 90.0 Å². The van der Waals surface area contributed by atoms with Crippen LogP contribution in [0.4, 0.5) is 4.79 Å². The first-order chi connectivity index (χ1) is 8.92. The Morgan fingerprint density at radius 2 is 2.05 bits per heavy atom. The first kappa shape index (κ1) is 15.3. The van der Waals surface area contributed by atoms with E-state index in [1.165, 1.54) is 4.90 Å². The number of amides is 3. The number of carboxylic acids is 1. The molecule has 0 saturated carbocycles. The lowest BCUT2D eigenvalue weighted by atomic mass is 10.1. The SMILES string of the molecule is CCC(CC)N(C)C(=O)N1CC(=O)NCC1C(=O)O. The van der Waals surface area contributed by atoms with Gasteiger partial charge in [-0.05, 0) is 12.8 Å². The van der Waals surface area contributed by atoms with Crippen LogP contribution < -0.4 is 5.32 Å². The van der Waals surface area contributed by atoms with Crippen molar-refractivity contribution < 1.29 is 19.5 Å². The predicted molar refractivity (Wildman–Crippen MR) is 68.7 cm³/mol. The summed E-state index contributed by atoms with van der Waals surface area (Å²) in [6.45, 7) is 3.68. The van der Waals surface area contributed by atoms with Gasteiger partial charge in [-0.1, -0.05) is 13.8 Å². The van der Waals surface area contributed by atoms with Crippen LogP contribution in [-0.4, -0.2) is 65.0 Å². The summed E-state index contributed by atoms with van der Waals surface area (Å²) in [5.41, 5.74) is 0. The quantitative estimate of drug-likeness (QED) is 0.759. The minimum absolute atomic E-state index is 0.0450. The maximum absolute atomic E-state index is 12.3. The molecule has 0 radical (unpaired) electrons. The van der Waals surface area contributed by atoms with E-state index in [0.29, 0.717) is 0 Å². The number of rotatable bonds is 4. The van der Waals surface area contributed by atoms with Gasteiger partial charge in [0.1, 0.15) is 12.6 Å². The molecule has 1 atom stereocenters. The largest absolute Gasteiger partial charge is 0.480 e. The van der Waals surface area contributed by atoms with E-state index in [2.05, 4.69) is 5.32 Å². The summed E-state index contributed by atoms with van der Waals surface area (Å²) < 4.78 is 0. The molecule has 1 aliphatic heterocycles. The van der Waals surface area contributed by atoms with Crippen molar-refractivity contribution >= 4 is 17.9 Å². The molecule has 0 aliphatic carbocycles. The monoisotopic (exact) mass is 271 g/mol. The highest BCUT2D eigenvalue weighted by Crippen LogP contribution is 2.13. The molecule has 7 nitrogen and oxygen atoms in total. The van der Waals surface area contributed by atoms with Crippen molar-refractivity contribution in [3.05, 3.63) is 0 Å². The van der Waals surface area contributed by atoms with Crippen molar-refractivity contribution in [2.45, 2.75) is 38.8 Å². The third kappa shape index (κ3) is 3.36. The number of carbonyl (C=O) groups excluding carboxylic acids is 2. The van der Waals surface area contributed by atoms with Crippen LogP contribution in [0.3, 0.4) is 0 Å². The molecular formula is C12H21N3O4. The van der Waals surface area contributed by atoms with Gasteiger partial charge in [-0.2, -0.15) is 0 Å². The molecule has 108 valence electrons. The van der Waals surface area contributed by atoms with Crippen molar-refractivity contribution in [1.29, 1.82) is 0 Å². The molecule has 1 heterocycles. The number of hydrogen-bond donors (Lipinski definition) is 2. The molecule has 0 bridgehead atoms. The fraction of sp³-hybridized carbons (Fsp3) is 0.750. The Kier molecular flexibility index (Phi) is 5.14. The zero-order valence-electron chi connectivity index (χ0n) is 11.5. The second kappa shape index (κ2) is 6.40. The van der Waals surface area contributed by atoms with Crippen LogP contribution in [0.5, 0.6) is 0 Å². The van der Waals surface area contributed by atoms with Crippen molar-refractivity contribution in [3.8, 4) is 0 Å². The Labute approximate surface area is 112 Å². The van der Waals surface area contributed by atoms with E-state index in [1.807, 2.05) is 13.8 Å². The molecule has 1 unspecified atom stereocenters. The number of urea groups is 1. The van der Waals surface area contributed by atoms with Gasteiger partial charge in [0.25, 0.3) is 0 Å². The van der Waals surface area contributed by atoms with Gasteiger partial charge in [0.2, 0.25) is 5.91 Å². The fourth-order valence-corrected chi connectivity index (χ4v) is 2.26. The summed E-state index contributed by atoms with van der Waals surface area (Å²) in [5.74, 6) is -1.44. The molecule has 1 saturated heterocycles. The van der Waals surface area contributed by atoms with Crippen LogP contribution >= 0.6 is 0 Å². The smallest absolute Gasteiger partial charge is 0.328 e. The van der Waals surface area contributed by atoms with Crippen molar-refractivity contribution in [2.24, 2.45) is 0 Å². The summed E-state index contributed by atoms with van der Waals surface area (Å²) >= 11 is 0. The molecule has 2 N–H and O–H groups in total. The predicted octanol–water partition coefficient (Wildman–Crippen LogP) is 0.112. The third-order valence-corrected chi connectivity index (χ3v) is 3.51. The lowest BCUT2D eigenvalue weighted by molar-refractivity contribution is -0.144. The number of nitrogens with one attached hydrogen (secondary N) is 1. The highest BCUT2D eigenvalue weighted by Gasteiger charge is 2.37. The normalized spacial score (nSPS) is 19.3. The molecule has 3 amide bonds. The van der Waals surface area contributed by atoms with Gasteiger partial charge in [-0.25, -0.2) is 9.59 Å². The van der Waals surface area contributed by atoms with Crippen LogP contribution in [-0.2, 0) is 9.59 Å². The number of hydrogen-bond acceptors (Lipinski definition) is 3. The first-order valence-corrected chi connectivity index (χ1v) is 6.45. The van der Waals surface area contributed by atoms with Crippen LogP contribution in [0, 0.1) is 0 Å². The van der Waals surface area contributed by atoms with Gasteiger partial charge in [0.15, 0.2) is 0 Å². The average Bonchev–Trinajstić information content (AvgIpc) is 2.38. The van der Waals surface area contributed by atoms with E-state index in [1.54, 1.807) is 7.05 Å². The molecule has 1 fully saturated rings. The highest BCUT2D eigenvalue weighted by molar-refractivity contribution is 5.90. The second-order valence-corrected chi connectivity index (χ2v) is 4.65. The summed E-state index contributed by atoms with van der Waals surface area (Å²) in [6, 6.07) is -1.36. The van der Waals surface area contributed by atoms with E-state index in [0.717, 1.165) is 17.7 Å². The van der Waals surface area contributed by atoms with E-state index >= 15 is 0 Å². The van der Waals surface area contributed by atoms with E-state index < -0.39 is 18.0 Å². The number of aliphatic carboxylic acids is 1. The second-order valence-electron chi connectivity index (χ2n) is 4.65. The number of carboxylic acid groups (broad SMARTS) is 1. The first-order valence-electron chi connectivity index (χ1n) is 6.45. The van der Waals surface area contributed by atoms with E-state index in [9.17, 15) is 14.4 Å². The van der Waals surface area contributed by atoms with Crippen LogP contribution in [0.25, 0.3) is 0 Å². The average molecular weight is 271 g/mol. The molecule has 19 heavy (non-hydrogen) atoms. The summed E-state index contributed by atoms with van der Waals surface area (Å²) in [4.78, 5) is 37.5. The van der Waals surface area contributed by atoms with E-state index in [4.69, 9.17) is 5.11 Å². The summed E-state index contributed by atoms with van der Waals surface area (Å²) in [7, 11) is 1.64. The number of carbonyl (C=O) groups is 3. The van der Waals surface area contributed by atoms with Crippen LogP contribution in [0.1, 0.15) is 26.7 Å². The zero-order chi connectivity index (χ0) is 14.6. The molecule has 0 aromatic carbocycles. The van der Waals surface area contributed by atoms with Gasteiger partial charge in [0.05, 0.1) is 0 Å². The lowest BCUT2D eigenvalue weighted by Gasteiger charge is -2.37. The standard InChI is InChI=1S/C12H21N3O4/c1-4-8(5-2)14(3)12(19)15-7-10(16)13-6-9(15)11(17)18/h8-9H,4-7H2,1-3H3,(H,13,16)(H,17,18). The Bertz CT molecular complexity index is 368. The highest BCUT2D eigenvalue weighted by atomic mass is 16.4. The van der Waals surface area contributed by atoms with Crippen LogP contribution in [0.15, 0.2) is 0 Å². The summed E-state index contributed by atoms with van der Waals surface area (Å²) in [6.07, 6.45) is 1.58. The number of piperazine rings is 1. The molecule has 0 aromatic heterocycles. The van der Waals surface area contributed by atoms with Gasteiger partial charge >= 0.3 is 12.0 Å². The van der Waals surface area contributed by atoms with Gasteiger partial charge in [-0.15, -0.1) is 0 Å². The van der Waals surface area contributed by atoms with Gasteiger partial charge in [-0.3, -0.25) is 9.69 Å². The maximum Gasteiger partial charge on any atom is 0.328 e. The molecule has 0 aromatic rings. The Morgan fingerprint density at radius 3 is 2.53 bits per heavy atom. The minimum atomic E-state index is -1.11. The van der Waals surface area contributed by atoms with E-state index in [-0.39, 0.29) is 25.0 Å². The Hall–Kier alpha value is -1.79. The number of nitrogens with zero attached hydrogens (tertiary/aromatic N) is 2. The third-order valence-electron chi connectivity index (χ3n) is 3.51. The fourth-order valence-electron chi connectivity index (χ4n) is 2.26. The Morgan fingerprint density at radius 1 is 1.47 bits per heavy atom. The maximum atomic E-state index is 12.3. The van der Waals surface area contributed by atoms with Gasteiger partial charge in [0, 0.05) is 19.6 Å². The lowest BCUT2D eigenvalue weighted by Crippen LogP contribution is -2.62. The molecule has 0 spiro atoms. The molecule has 7 heteroatoms. The molecular weight excluding hydrogens is 250 g/mol. The van der Waals surface area contributed by atoms with Crippen molar-refractivity contribution in [3.63, 3.8) is 0 Å². The molecule has 1 aliphatic rings. The van der Waals surface area contributed by atoms with Crippen LogP contribution in [0.2, 0.25) is 0 Å². The summed E-state index contributed by atoms with van der Waals surface area (Å²) in [5, 5.41) is 11.6. The minimum Gasteiger partial charge on any atom is -0.480 e. The Balaban J connectivity index is 2.86. The molecule has 1 rings (SSSR count). The van der Waals surface area contributed by atoms with Crippen molar-refractivity contribution in [1.82, 2.24) is 15.1 Å². The zero-order valence-corrected chi connectivity index (χ0v) is 11.5. The van der Waals surface area contributed by atoms with Gasteiger partial charge < -0.3 is 15.3 Å². The van der Waals surface area contributed by atoms with Crippen molar-refractivity contribution in [2.75, 3.05) is 20.1 Å².